The van der Waals surface area contributed by atoms with Crippen molar-refractivity contribution in [1.29, 1.82) is 0 Å². The van der Waals surface area contributed by atoms with Gasteiger partial charge in [-0.2, -0.15) is 0 Å². The summed E-state index contributed by atoms with van der Waals surface area (Å²) < 4.78 is 11.2. The third-order valence-electron chi connectivity index (χ3n) is 3.94. The zero-order chi connectivity index (χ0) is 17.5. The molecule has 0 aliphatic heterocycles. The van der Waals surface area contributed by atoms with Crippen LogP contribution in [0.4, 0.5) is 0 Å². The lowest BCUT2D eigenvalue weighted by atomic mass is 10.1. The fourth-order valence-corrected chi connectivity index (χ4v) is 2.64. The second-order valence-corrected chi connectivity index (χ2v) is 9.53. The van der Waals surface area contributed by atoms with Crippen LogP contribution in [-0.4, -0.2) is 48.9 Å². The predicted octanol–water partition coefficient (Wildman–Crippen LogP) is 5.52. The Morgan fingerprint density at radius 3 is 1.00 bits per heavy atom. The third kappa shape index (κ3) is 18.2. The highest BCUT2D eigenvalue weighted by molar-refractivity contribution is 7.56. The molecule has 0 aromatic heterocycles. The molecule has 0 bridgehead atoms. The molecule has 0 fully saturated rings. The number of rotatable bonds is 12. The van der Waals surface area contributed by atoms with Crippen molar-refractivity contribution in [2.24, 2.45) is 0 Å². The largest absolute Gasteiger partial charge is 0.345 e. The van der Waals surface area contributed by atoms with E-state index in [9.17, 15) is 4.57 Å². The molecule has 0 heterocycles. The smallest absolute Gasteiger partial charge is 0.194 e. The van der Waals surface area contributed by atoms with Gasteiger partial charge in [-0.15, -0.1) is 0 Å². The SMILES string of the molecule is CCCC[N+](CCCC)(CCCC)CCCC.CP(C)(=O)O. The van der Waals surface area contributed by atoms with Gasteiger partial charge in [0.1, 0.15) is 0 Å². The lowest BCUT2D eigenvalue weighted by molar-refractivity contribution is -0.929. The molecule has 0 rings (SSSR count). The molecular formula is C18H43NO2P+. The van der Waals surface area contributed by atoms with E-state index in [1.165, 1.54) is 95.4 Å². The molecule has 0 atom stereocenters. The van der Waals surface area contributed by atoms with Crippen LogP contribution in [0.5, 0.6) is 0 Å². The summed E-state index contributed by atoms with van der Waals surface area (Å²) in [5.41, 5.74) is 0. The Hall–Kier alpha value is 0.150. The Balaban J connectivity index is 0. The van der Waals surface area contributed by atoms with Crippen LogP contribution in [0.15, 0.2) is 0 Å². The predicted molar refractivity (Wildman–Crippen MR) is 101 cm³/mol. The molecule has 0 aliphatic rings. The van der Waals surface area contributed by atoms with E-state index >= 15 is 0 Å². The van der Waals surface area contributed by atoms with E-state index in [1.807, 2.05) is 0 Å². The van der Waals surface area contributed by atoms with Crippen molar-refractivity contribution in [3.8, 4) is 0 Å². The van der Waals surface area contributed by atoms with Crippen molar-refractivity contribution in [2.75, 3.05) is 39.5 Å². The van der Waals surface area contributed by atoms with E-state index in [0.717, 1.165) is 0 Å². The van der Waals surface area contributed by atoms with Gasteiger partial charge in [0.2, 0.25) is 0 Å². The van der Waals surface area contributed by atoms with Gasteiger partial charge in [0, 0.05) is 13.3 Å². The van der Waals surface area contributed by atoms with Gasteiger partial charge in [-0.05, 0) is 25.7 Å². The molecule has 0 aliphatic carbocycles. The Bertz CT molecular complexity index is 230. The van der Waals surface area contributed by atoms with Gasteiger partial charge in [-0.3, -0.25) is 4.57 Å². The summed E-state index contributed by atoms with van der Waals surface area (Å²) in [5, 5.41) is 0. The monoisotopic (exact) mass is 336 g/mol. The molecule has 0 aromatic rings. The first kappa shape index (κ1) is 24.4. The van der Waals surface area contributed by atoms with Crippen LogP contribution < -0.4 is 0 Å². The van der Waals surface area contributed by atoms with Crippen molar-refractivity contribution in [2.45, 2.75) is 79.1 Å². The van der Waals surface area contributed by atoms with Crippen LogP contribution in [0.2, 0.25) is 0 Å². The van der Waals surface area contributed by atoms with Crippen molar-refractivity contribution >= 4 is 7.37 Å². The first-order valence-electron chi connectivity index (χ1n) is 9.37. The average molecular weight is 337 g/mol. The number of nitrogens with zero attached hydrogens (tertiary/aromatic N) is 1. The first-order chi connectivity index (χ1) is 10.2. The van der Waals surface area contributed by atoms with Gasteiger partial charge in [-0.1, -0.05) is 53.4 Å². The zero-order valence-corrected chi connectivity index (χ0v) is 17.1. The molecule has 0 amide bonds. The maximum absolute atomic E-state index is 9.77. The summed E-state index contributed by atoms with van der Waals surface area (Å²) in [6.45, 7) is 17.6. The minimum Gasteiger partial charge on any atom is -0.345 e. The van der Waals surface area contributed by atoms with E-state index in [0.29, 0.717) is 0 Å². The normalized spacial score (nSPS) is 12.0. The van der Waals surface area contributed by atoms with Gasteiger partial charge in [-0.25, -0.2) is 0 Å². The quantitative estimate of drug-likeness (QED) is 0.376. The minimum absolute atomic E-state index is 1.30. The topological polar surface area (TPSA) is 37.3 Å². The average Bonchev–Trinajstić information content (AvgIpc) is 2.44. The maximum Gasteiger partial charge on any atom is 0.194 e. The van der Waals surface area contributed by atoms with Crippen molar-refractivity contribution in [1.82, 2.24) is 0 Å². The summed E-state index contributed by atoms with van der Waals surface area (Å²) in [5.74, 6) is 0. The zero-order valence-electron chi connectivity index (χ0n) is 16.2. The molecule has 3 nitrogen and oxygen atoms in total. The van der Waals surface area contributed by atoms with Gasteiger partial charge in [0.15, 0.2) is 7.37 Å². The van der Waals surface area contributed by atoms with Crippen molar-refractivity contribution < 1.29 is 13.9 Å². The van der Waals surface area contributed by atoms with Gasteiger partial charge >= 0.3 is 0 Å². The van der Waals surface area contributed by atoms with E-state index in [-0.39, 0.29) is 0 Å². The van der Waals surface area contributed by atoms with Gasteiger partial charge < -0.3 is 9.38 Å². The summed E-state index contributed by atoms with van der Waals surface area (Å²) in [4.78, 5) is 8.08. The highest BCUT2D eigenvalue weighted by Crippen LogP contribution is 2.27. The Morgan fingerprint density at radius 1 is 0.682 bits per heavy atom. The molecule has 0 aromatic carbocycles. The minimum atomic E-state index is -2.64. The van der Waals surface area contributed by atoms with Crippen molar-refractivity contribution in [3.63, 3.8) is 0 Å². The third-order valence-corrected chi connectivity index (χ3v) is 3.94. The summed E-state index contributed by atoms with van der Waals surface area (Å²) in [6, 6.07) is 0. The number of quaternary nitrogens is 1. The highest BCUT2D eigenvalue weighted by atomic mass is 31.2. The lowest BCUT2D eigenvalue weighted by Crippen LogP contribution is -2.50. The summed E-state index contributed by atoms with van der Waals surface area (Å²) in [7, 11) is -2.64. The number of hydrogen-bond donors (Lipinski definition) is 1. The van der Waals surface area contributed by atoms with Crippen LogP contribution in [0.25, 0.3) is 0 Å². The van der Waals surface area contributed by atoms with E-state index in [2.05, 4.69) is 27.7 Å². The Kier molecular flexibility index (Phi) is 16.3. The molecule has 0 radical (unpaired) electrons. The molecule has 4 heteroatoms. The van der Waals surface area contributed by atoms with E-state index in [4.69, 9.17) is 4.89 Å². The number of hydrogen-bond acceptors (Lipinski definition) is 1. The summed E-state index contributed by atoms with van der Waals surface area (Å²) >= 11 is 0. The first-order valence-corrected chi connectivity index (χ1v) is 11.9. The van der Waals surface area contributed by atoms with Gasteiger partial charge in [0.05, 0.1) is 26.2 Å². The Morgan fingerprint density at radius 2 is 0.864 bits per heavy atom. The van der Waals surface area contributed by atoms with Crippen LogP contribution in [-0.2, 0) is 4.57 Å². The lowest BCUT2D eigenvalue weighted by Gasteiger charge is -2.39. The van der Waals surface area contributed by atoms with E-state index < -0.39 is 7.37 Å². The molecular weight excluding hydrogens is 293 g/mol. The Labute approximate surface area is 140 Å². The standard InChI is InChI=1S/C16H36N.C2H7O2P/c1-5-9-13-17(14-10-6-2,15-11-7-3)16-12-8-4;1-5(2,3)4/h5-16H2,1-4H3;1-2H3,(H,3,4)/q+1;. The molecule has 0 unspecified atom stereocenters. The van der Waals surface area contributed by atoms with Gasteiger partial charge in [0.25, 0.3) is 0 Å². The summed E-state index contributed by atoms with van der Waals surface area (Å²) in [6.07, 6.45) is 11.1. The maximum atomic E-state index is 9.77. The second-order valence-electron chi connectivity index (χ2n) is 6.94. The van der Waals surface area contributed by atoms with Crippen molar-refractivity contribution in [3.05, 3.63) is 0 Å². The van der Waals surface area contributed by atoms with Crippen LogP contribution >= 0.6 is 7.37 Å². The number of unbranched alkanes of at least 4 members (excludes halogenated alkanes) is 4. The van der Waals surface area contributed by atoms with E-state index in [1.54, 1.807) is 0 Å². The molecule has 0 saturated heterocycles. The van der Waals surface area contributed by atoms with Crippen LogP contribution in [0.1, 0.15) is 79.1 Å². The molecule has 136 valence electrons. The second kappa shape index (κ2) is 14.7. The highest BCUT2D eigenvalue weighted by Gasteiger charge is 2.24. The van der Waals surface area contributed by atoms with Crippen LogP contribution in [0.3, 0.4) is 0 Å². The molecule has 0 saturated carbocycles. The fourth-order valence-electron chi connectivity index (χ4n) is 2.64. The molecule has 1 N–H and O–H groups in total. The molecule has 0 spiro atoms. The van der Waals surface area contributed by atoms with Crippen LogP contribution in [0, 0.1) is 0 Å². The molecule has 22 heavy (non-hydrogen) atoms. The fraction of sp³-hybridized carbons (Fsp3) is 1.00.